The molecule has 1 aliphatic heterocycles. The number of methoxy groups -OCH3 is 1. The highest BCUT2D eigenvalue weighted by molar-refractivity contribution is 6.07. The molecule has 9 heteroatoms. The maximum atomic E-state index is 14.0. The van der Waals surface area contributed by atoms with E-state index in [2.05, 4.69) is 23.5 Å². The number of carbonyl (C=O) groups is 2. The summed E-state index contributed by atoms with van der Waals surface area (Å²) >= 11 is 0. The fourth-order valence-corrected chi connectivity index (χ4v) is 3.40. The van der Waals surface area contributed by atoms with Gasteiger partial charge in [-0.15, -0.1) is 12.4 Å². The maximum absolute atomic E-state index is 14.0. The van der Waals surface area contributed by atoms with Crippen molar-refractivity contribution in [2.24, 2.45) is 0 Å². The Balaban J connectivity index is 0.00000420. The van der Waals surface area contributed by atoms with E-state index in [4.69, 9.17) is 0 Å². The van der Waals surface area contributed by atoms with Gasteiger partial charge in [-0.25, -0.2) is 8.78 Å². The van der Waals surface area contributed by atoms with Crippen LogP contribution in [0.5, 0.6) is 5.75 Å². The Bertz CT molecular complexity index is 762. The number of benzene rings is 1. The van der Waals surface area contributed by atoms with Gasteiger partial charge in [-0.3, -0.25) is 14.5 Å². The minimum absolute atomic E-state index is 0. The van der Waals surface area contributed by atoms with Crippen molar-refractivity contribution in [2.75, 3.05) is 33.3 Å². The van der Waals surface area contributed by atoms with Gasteiger partial charge in [0.05, 0.1) is 12.7 Å². The van der Waals surface area contributed by atoms with Crippen molar-refractivity contribution in [3.8, 4) is 5.75 Å². The number of amides is 1. The van der Waals surface area contributed by atoms with Crippen LogP contribution in [-0.2, 0) is 4.79 Å². The fourth-order valence-electron chi connectivity index (χ4n) is 3.40. The van der Waals surface area contributed by atoms with Crippen LogP contribution in [0.4, 0.5) is 13.2 Å². The van der Waals surface area contributed by atoms with Crippen molar-refractivity contribution in [3.63, 3.8) is 0 Å². The average Bonchev–Trinajstić information content (AvgIpc) is 2.70. The van der Waals surface area contributed by atoms with Crippen molar-refractivity contribution >= 4 is 24.1 Å². The lowest BCUT2D eigenvalue weighted by molar-refractivity contribution is -0.128. The molecule has 0 unspecified atom stereocenters. The molecule has 29 heavy (non-hydrogen) atoms. The van der Waals surface area contributed by atoms with Gasteiger partial charge in [0.1, 0.15) is 0 Å². The Morgan fingerprint density at radius 2 is 1.66 bits per heavy atom. The Kier molecular flexibility index (Phi) is 9.65. The number of carbonyl (C=O) groups excluding carboxylic acids is 2. The van der Waals surface area contributed by atoms with Crippen LogP contribution < -0.4 is 4.74 Å². The lowest BCUT2D eigenvalue weighted by Crippen LogP contribution is -2.51. The summed E-state index contributed by atoms with van der Waals surface area (Å²) < 4.78 is 45.8. The van der Waals surface area contributed by atoms with Crippen molar-refractivity contribution in [1.29, 1.82) is 0 Å². The number of piperazine rings is 1. The quantitative estimate of drug-likeness (QED) is 0.374. The summed E-state index contributed by atoms with van der Waals surface area (Å²) in [6, 6.07) is 1.04. The normalized spacial score (nSPS) is 14.9. The van der Waals surface area contributed by atoms with E-state index in [1.54, 1.807) is 4.90 Å². The smallest absolute Gasteiger partial charge is 0.246 e. The third-order valence-electron chi connectivity index (χ3n) is 5.05. The molecule has 162 valence electrons. The first-order valence-corrected chi connectivity index (χ1v) is 9.30. The van der Waals surface area contributed by atoms with Gasteiger partial charge in [0.25, 0.3) is 0 Å². The highest BCUT2D eigenvalue weighted by Gasteiger charge is 2.25. The zero-order valence-electron chi connectivity index (χ0n) is 16.7. The number of allylic oxidation sites excluding steroid dienone is 1. The molecule has 0 spiro atoms. The number of nitrogens with zero attached hydrogens (tertiary/aromatic N) is 2. The van der Waals surface area contributed by atoms with Crippen LogP contribution in [0.25, 0.3) is 0 Å². The van der Waals surface area contributed by atoms with Gasteiger partial charge in [0.15, 0.2) is 23.2 Å². The van der Waals surface area contributed by atoms with Crippen LogP contribution in [0.15, 0.2) is 18.2 Å². The van der Waals surface area contributed by atoms with E-state index in [1.165, 1.54) is 0 Å². The van der Waals surface area contributed by atoms with Gasteiger partial charge >= 0.3 is 0 Å². The number of rotatable bonds is 7. The van der Waals surface area contributed by atoms with E-state index in [-0.39, 0.29) is 12.4 Å². The van der Waals surface area contributed by atoms with E-state index >= 15 is 0 Å². The van der Waals surface area contributed by atoms with Gasteiger partial charge in [0, 0.05) is 38.3 Å². The molecule has 1 aromatic rings. The molecule has 0 N–H and O–H groups in total. The monoisotopic (exact) mass is 434 g/mol. The van der Waals surface area contributed by atoms with E-state index in [0.29, 0.717) is 25.2 Å². The number of hydrogen-bond acceptors (Lipinski definition) is 4. The lowest BCUT2D eigenvalue weighted by Gasteiger charge is -2.38. The Morgan fingerprint density at radius 1 is 1.07 bits per heavy atom. The molecule has 2 rings (SSSR count). The van der Waals surface area contributed by atoms with Crippen LogP contribution in [0.3, 0.4) is 0 Å². The minimum Gasteiger partial charge on any atom is -0.491 e. The van der Waals surface area contributed by atoms with E-state index in [0.717, 1.165) is 45.2 Å². The molecular formula is C20H26ClF3N2O3. The van der Waals surface area contributed by atoms with Crippen molar-refractivity contribution in [3.05, 3.63) is 41.2 Å². The van der Waals surface area contributed by atoms with Crippen LogP contribution in [0.2, 0.25) is 0 Å². The maximum Gasteiger partial charge on any atom is 0.246 e. The zero-order valence-corrected chi connectivity index (χ0v) is 17.5. The van der Waals surface area contributed by atoms with Gasteiger partial charge < -0.3 is 9.64 Å². The second kappa shape index (κ2) is 11.2. The molecule has 0 saturated carbocycles. The summed E-state index contributed by atoms with van der Waals surface area (Å²) in [7, 11) is 0.990. The predicted molar refractivity (Wildman–Crippen MR) is 106 cm³/mol. The summed E-state index contributed by atoms with van der Waals surface area (Å²) in [5, 5.41) is 0. The number of halogens is 4. The molecule has 1 aromatic carbocycles. The lowest BCUT2D eigenvalue weighted by atomic mass is 10.1. The number of ketones is 1. The summed E-state index contributed by atoms with van der Waals surface area (Å²) in [6.45, 7) is 6.78. The van der Waals surface area contributed by atoms with E-state index in [9.17, 15) is 22.8 Å². The Labute approximate surface area is 174 Å². The van der Waals surface area contributed by atoms with Crippen LogP contribution >= 0.6 is 12.4 Å². The first kappa shape index (κ1) is 25.0. The van der Waals surface area contributed by atoms with Crippen LogP contribution in [0.1, 0.15) is 37.0 Å². The molecule has 1 aliphatic rings. The second-order valence-electron chi connectivity index (χ2n) is 6.60. The highest BCUT2D eigenvalue weighted by atomic mass is 35.5. The molecule has 0 aliphatic carbocycles. The highest BCUT2D eigenvalue weighted by Crippen LogP contribution is 2.26. The molecule has 0 radical (unpaired) electrons. The minimum atomic E-state index is -1.58. The molecular weight excluding hydrogens is 409 g/mol. The largest absolute Gasteiger partial charge is 0.491 e. The standard InChI is InChI=1S/C20H25F3N2O3.ClH/c1-4-13(5-2)24-8-10-25(11-9-24)17(27)7-6-16(26)14-12-15(21)20(28-3)19(23)18(14)22;/h6-7,12-13H,4-5,8-11H2,1-3H3;1H. The molecule has 1 heterocycles. The average molecular weight is 435 g/mol. The second-order valence-corrected chi connectivity index (χ2v) is 6.60. The predicted octanol–water partition coefficient (Wildman–Crippen LogP) is 3.61. The van der Waals surface area contributed by atoms with E-state index in [1.807, 2.05) is 0 Å². The molecule has 0 atom stereocenters. The van der Waals surface area contributed by atoms with Crippen molar-refractivity contribution in [1.82, 2.24) is 9.80 Å². The number of hydrogen-bond donors (Lipinski definition) is 0. The molecule has 0 aromatic heterocycles. The third kappa shape index (κ3) is 5.73. The van der Waals surface area contributed by atoms with Crippen molar-refractivity contribution < 1.29 is 27.5 Å². The molecule has 0 bridgehead atoms. The zero-order chi connectivity index (χ0) is 20.8. The van der Waals surface area contributed by atoms with E-state index < -0.39 is 40.5 Å². The van der Waals surface area contributed by atoms with Crippen LogP contribution in [0, 0.1) is 17.5 Å². The molecule has 5 nitrogen and oxygen atoms in total. The molecule has 1 fully saturated rings. The van der Waals surface area contributed by atoms with Gasteiger partial charge in [-0.05, 0) is 25.0 Å². The summed E-state index contributed by atoms with van der Waals surface area (Å²) in [5.74, 6) is -6.58. The summed E-state index contributed by atoms with van der Waals surface area (Å²) in [4.78, 5) is 28.3. The SMILES string of the molecule is CCC(CC)N1CCN(C(=O)C=CC(=O)c2cc(F)c(OC)c(F)c2F)CC1.Cl. The fraction of sp³-hybridized carbons (Fsp3) is 0.500. The topological polar surface area (TPSA) is 49.9 Å². The Morgan fingerprint density at radius 3 is 2.17 bits per heavy atom. The first-order valence-electron chi connectivity index (χ1n) is 9.30. The first-order chi connectivity index (χ1) is 13.3. The van der Waals surface area contributed by atoms with Gasteiger partial charge in [-0.1, -0.05) is 13.8 Å². The summed E-state index contributed by atoms with van der Waals surface area (Å²) in [6.07, 6.45) is 3.92. The van der Waals surface area contributed by atoms with Crippen molar-refractivity contribution in [2.45, 2.75) is 32.7 Å². The summed E-state index contributed by atoms with van der Waals surface area (Å²) in [5.41, 5.74) is -0.793. The number of ether oxygens (including phenoxy) is 1. The van der Waals surface area contributed by atoms with Gasteiger partial charge in [0.2, 0.25) is 11.7 Å². The van der Waals surface area contributed by atoms with Gasteiger partial charge in [-0.2, -0.15) is 4.39 Å². The third-order valence-corrected chi connectivity index (χ3v) is 5.05. The molecule has 1 amide bonds. The Hall–Kier alpha value is -2.06. The van der Waals surface area contributed by atoms with Crippen LogP contribution in [-0.4, -0.2) is 60.8 Å². The molecule has 1 saturated heterocycles.